The number of hydrogen-bond acceptors (Lipinski definition) is 12. The van der Waals surface area contributed by atoms with Crippen molar-refractivity contribution in [3.63, 3.8) is 0 Å². The summed E-state index contributed by atoms with van der Waals surface area (Å²) in [6.07, 6.45) is 7.11. The largest absolute Gasteiger partial charge is 0.350 e. The van der Waals surface area contributed by atoms with Crippen LogP contribution in [-0.4, -0.2) is 123 Å². The Labute approximate surface area is 466 Å². The van der Waals surface area contributed by atoms with Gasteiger partial charge in [0.2, 0.25) is 29.5 Å². The summed E-state index contributed by atoms with van der Waals surface area (Å²) >= 11 is 0. The number of unbranched alkanes of at least 4 members (excludes halogenated alkanes) is 3. The summed E-state index contributed by atoms with van der Waals surface area (Å²) in [5, 5.41) is 14.6. The van der Waals surface area contributed by atoms with Crippen LogP contribution in [0.25, 0.3) is 0 Å². The number of likely N-dealkylation sites (N-methyl/N-ethyl adjacent to an activating group) is 2. The van der Waals surface area contributed by atoms with Gasteiger partial charge in [0.15, 0.2) is 0 Å². The van der Waals surface area contributed by atoms with Crippen LogP contribution in [0, 0.1) is 11.3 Å². The van der Waals surface area contributed by atoms with Crippen LogP contribution in [0.4, 0.5) is 0 Å². The Kier molecular flexibility index (Phi) is 24.3. The second kappa shape index (κ2) is 29.8. The van der Waals surface area contributed by atoms with Crippen molar-refractivity contribution in [1.82, 2.24) is 41.1 Å². The van der Waals surface area contributed by atoms with Gasteiger partial charge in [-0.2, -0.15) is 0 Å². The fraction of sp³-hybridized carbons (Fsp3) is 0.492. The first-order valence-corrected chi connectivity index (χ1v) is 28.5. The van der Waals surface area contributed by atoms with Crippen LogP contribution in [0.3, 0.4) is 0 Å². The average molecular weight is 1110 g/mol. The van der Waals surface area contributed by atoms with E-state index in [9.17, 15) is 46.8 Å². The van der Waals surface area contributed by atoms with Gasteiger partial charge in [-0.3, -0.25) is 43.3 Å². The first kappa shape index (κ1) is 64.5. The van der Waals surface area contributed by atoms with E-state index in [0.29, 0.717) is 44.2 Å². The second-order valence-corrected chi connectivity index (χ2v) is 23.8. The van der Waals surface area contributed by atoms with E-state index in [1.54, 1.807) is 14.1 Å². The van der Waals surface area contributed by atoms with E-state index in [-0.39, 0.29) is 72.4 Å². The van der Waals surface area contributed by atoms with Crippen molar-refractivity contribution in [3.05, 3.63) is 125 Å². The molecular weight excluding hydrogens is 1030 g/mol. The van der Waals surface area contributed by atoms with Crippen LogP contribution in [0.5, 0.6) is 0 Å². The van der Waals surface area contributed by atoms with E-state index in [1.807, 2.05) is 109 Å². The predicted molar refractivity (Wildman–Crippen MR) is 304 cm³/mol. The summed E-state index contributed by atoms with van der Waals surface area (Å²) in [6, 6.07) is 19.9. The normalized spacial score (nSPS) is 14.9. The molecule has 8 N–H and O–H groups in total. The van der Waals surface area contributed by atoms with E-state index in [0.717, 1.165) is 16.0 Å². The number of carbonyl (C=O) groups excluding carboxylic acids is 8. The minimum absolute atomic E-state index is 0.0390. The second-order valence-electron chi connectivity index (χ2n) is 22.1. The Hall–Kier alpha value is -7.03. The highest BCUT2D eigenvalue weighted by molar-refractivity contribution is 7.90. The monoisotopic (exact) mass is 1110 g/mol. The van der Waals surface area contributed by atoms with Crippen molar-refractivity contribution in [1.29, 1.82) is 0 Å². The first-order chi connectivity index (χ1) is 37.2. The van der Waals surface area contributed by atoms with Crippen molar-refractivity contribution in [2.45, 2.75) is 154 Å². The van der Waals surface area contributed by atoms with Crippen LogP contribution in [0.2, 0.25) is 0 Å². The van der Waals surface area contributed by atoms with Gasteiger partial charge in [0, 0.05) is 56.1 Å². The van der Waals surface area contributed by atoms with Crippen LogP contribution >= 0.6 is 0 Å². The van der Waals surface area contributed by atoms with Gasteiger partial charge in [0.1, 0.15) is 18.1 Å². The minimum Gasteiger partial charge on any atom is -0.350 e. The summed E-state index contributed by atoms with van der Waals surface area (Å²) in [5.41, 5.74) is 6.66. The lowest BCUT2D eigenvalue weighted by molar-refractivity contribution is -0.141. The third kappa shape index (κ3) is 19.1. The number of nitrogens with one attached hydrogen (secondary N) is 6. The molecule has 3 aromatic rings. The van der Waals surface area contributed by atoms with Crippen LogP contribution in [0.15, 0.2) is 114 Å². The Balaban J connectivity index is 1.39. The van der Waals surface area contributed by atoms with E-state index in [4.69, 9.17) is 5.73 Å². The molecule has 79 heavy (non-hydrogen) atoms. The lowest BCUT2D eigenvalue weighted by Gasteiger charge is -2.40. The molecule has 5 atom stereocenters. The zero-order chi connectivity index (χ0) is 58.7. The van der Waals surface area contributed by atoms with Gasteiger partial charge in [-0.25, -0.2) is 13.1 Å². The molecule has 0 aromatic heterocycles. The number of nitrogens with two attached hydrogens (primary N) is 1. The molecule has 0 radical (unpaired) electrons. The number of benzene rings is 3. The molecule has 3 aromatic carbocycles. The molecule has 0 fully saturated rings. The van der Waals surface area contributed by atoms with Crippen molar-refractivity contribution in [2.24, 2.45) is 17.1 Å². The van der Waals surface area contributed by atoms with Crippen molar-refractivity contribution in [2.75, 3.05) is 27.2 Å². The highest BCUT2D eigenvalue weighted by Gasteiger charge is 2.42. The highest BCUT2D eigenvalue weighted by Crippen LogP contribution is 2.29. The molecule has 19 nitrogen and oxygen atoms in total. The van der Waals surface area contributed by atoms with Crippen LogP contribution in [0.1, 0.15) is 117 Å². The van der Waals surface area contributed by atoms with Gasteiger partial charge in [-0.1, -0.05) is 134 Å². The van der Waals surface area contributed by atoms with Gasteiger partial charge in [-0.15, -0.1) is 0 Å². The molecular formula is C59H83N9O10S. The summed E-state index contributed by atoms with van der Waals surface area (Å²) in [6.45, 7) is 15.2. The number of hydrogen-bond donors (Lipinski definition) is 7. The molecule has 1 aliphatic rings. The number of amides is 8. The van der Waals surface area contributed by atoms with E-state index < -0.39 is 74.7 Å². The Morgan fingerprint density at radius 1 is 0.709 bits per heavy atom. The molecule has 4 rings (SSSR count). The molecule has 0 saturated carbocycles. The van der Waals surface area contributed by atoms with E-state index in [1.165, 1.54) is 54.3 Å². The number of nitrogens with zero attached hydrogens (tertiary/aromatic N) is 2. The molecule has 0 aliphatic carbocycles. The van der Waals surface area contributed by atoms with Crippen molar-refractivity contribution < 1.29 is 46.8 Å². The zero-order valence-electron chi connectivity index (χ0n) is 47.5. The number of sulfonamides is 1. The molecule has 430 valence electrons. The lowest BCUT2D eigenvalue weighted by Crippen LogP contribution is -2.61. The maximum absolute atomic E-state index is 14.4. The standard InChI is InChI=1S/C59H83N9O10S/c1-39(2)47(67(10)57(76)52(58(4,5)6)65-56(75)51(61-9)59(7,8)43-24-16-12-17-25-43)36-40(3)53(72)66-79(77,78)44-30-28-42(29-31-44)38-62-54(73)45(26-19-20-34-60)64-55(74)46(37-41-22-14-11-15-23-41)63-48(69)27-18-13-21-35-68-49(70)32-33-50(68)71/h11-12,14-17,22-25,28-33,36,39,45-47,51-52,61H,13,18-21,26-27,34-35,37-38,60H2,1-10H3,(H,62,73)(H,63,69)(H,64,74)(H,65,75)(H,66,72)/b40-36+/t45-,46-,47+,51+,52+/m0/s1. The number of rotatable bonds is 30. The van der Waals surface area contributed by atoms with Gasteiger partial charge in [0.05, 0.1) is 17.0 Å². The molecule has 0 unspecified atom stereocenters. The molecule has 1 aliphatic heterocycles. The summed E-state index contributed by atoms with van der Waals surface area (Å²) in [7, 11) is -1.12. The fourth-order valence-corrected chi connectivity index (χ4v) is 10.3. The summed E-state index contributed by atoms with van der Waals surface area (Å²) < 4.78 is 29.3. The summed E-state index contributed by atoms with van der Waals surface area (Å²) in [5.74, 6) is -4.08. The quantitative estimate of drug-likeness (QED) is 0.0277. The highest BCUT2D eigenvalue weighted by atomic mass is 32.2. The Morgan fingerprint density at radius 2 is 1.32 bits per heavy atom. The molecule has 0 saturated heterocycles. The van der Waals surface area contributed by atoms with Gasteiger partial charge in [-0.05, 0) is 92.8 Å². The molecule has 20 heteroatoms. The predicted octanol–water partition coefficient (Wildman–Crippen LogP) is 4.46. The van der Waals surface area contributed by atoms with Crippen molar-refractivity contribution in [3.8, 4) is 0 Å². The molecule has 1 heterocycles. The van der Waals surface area contributed by atoms with Crippen LogP contribution < -0.4 is 37.0 Å². The third-order valence-electron chi connectivity index (χ3n) is 14.1. The summed E-state index contributed by atoms with van der Waals surface area (Å²) in [4.78, 5) is 109. The van der Waals surface area contributed by atoms with Gasteiger partial charge < -0.3 is 37.2 Å². The average Bonchev–Trinajstić information content (AvgIpc) is 3.77. The number of imide groups is 1. The van der Waals surface area contributed by atoms with E-state index in [2.05, 4.69) is 31.3 Å². The maximum atomic E-state index is 14.4. The zero-order valence-corrected chi connectivity index (χ0v) is 48.3. The topological polar surface area (TPSA) is 275 Å². The Bertz CT molecular complexity index is 2740. The van der Waals surface area contributed by atoms with E-state index >= 15 is 0 Å². The third-order valence-corrected chi connectivity index (χ3v) is 15.4. The molecule has 8 amide bonds. The van der Waals surface area contributed by atoms with Crippen molar-refractivity contribution >= 4 is 57.3 Å². The fourth-order valence-electron chi connectivity index (χ4n) is 9.27. The van der Waals surface area contributed by atoms with Gasteiger partial charge in [0.25, 0.3) is 27.7 Å². The minimum atomic E-state index is -4.40. The smallest absolute Gasteiger partial charge is 0.264 e. The van der Waals surface area contributed by atoms with Crippen LogP contribution in [-0.2, 0) is 66.8 Å². The molecule has 0 bridgehead atoms. The number of carbonyl (C=O) groups is 8. The lowest BCUT2D eigenvalue weighted by atomic mass is 9.76. The first-order valence-electron chi connectivity index (χ1n) is 27.0. The van der Waals surface area contributed by atoms with Gasteiger partial charge >= 0.3 is 0 Å². The SMILES string of the molecule is CN[C@H](C(=O)N[C@H](C(=O)N(C)[C@H](/C=C(\C)C(=O)NS(=O)(=O)c1ccc(CNC(=O)[C@H](CCCCN)NC(=O)[C@H](Cc2ccccc2)NC(=O)CCCCCN2C(=O)C=CC2=O)cc1)C(C)C)C(C)(C)C)C(C)(C)c1ccccc1. The maximum Gasteiger partial charge on any atom is 0.264 e. The molecule has 0 spiro atoms. The Morgan fingerprint density at radius 3 is 1.89 bits per heavy atom.